The van der Waals surface area contributed by atoms with Crippen molar-refractivity contribution in [2.45, 2.75) is 65.1 Å². The van der Waals surface area contributed by atoms with Gasteiger partial charge in [-0.1, -0.05) is 26.7 Å². The third kappa shape index (κ3) is 4.35. The van der Waals surface area contributed by atoms with Crippen LogP contribution in [0.1, 0.15) is 57.3 Å². The van der Waals surface area contributed by atoms with E-state index in [1.165, 1.54) is 37.7 Å². The lowest BCUT2D eigenvalue weighted by atomic mass is 9.85. The minimum Gasteiger partial charge on any atom is -0.468 e. The molecule has 1 aliphatic carbocycles. The lowest BCUT2D eigenvalue weighted by Crippen LogP contribution is -2.38. The van der Waals surface area contributed by atoms with E-state index in [1.807, 2.05) is 6.26 Å². The van der Waals surface area contributed by atoms with Gasteiger partial charge in [0.15, 0.2) is 0 Å². The Balaban J connectivity index is 1.82. The van der Waals surface area contributed by atoms with Crippen LogP contribution in [0.15, 0.2) is 16.7 Å². The lowest BCUT2D eigenvalue weighted by Gasteiger charge is -2.35. The fourth-order valence-electron chi connectivity index (χ4n) is 3.33. The minimum absolute atomic E-state index is 0.718. The van der Waals surface area contributed by atoms with Crippen LogP contribution in [-0.2, 0) is 13.1 Å². The zero-order valence-electron chi connectivity index (χ0n) is 13.3. The van der Waals surface area contributed by atoms with Crippen molar-refractivity contribution < 1.29 is 4.42 Å². The molecule has 1 N–H and O–H groups in total. The average molecular weight is 278 g/mol. The summed E-state index contributed by atoms with van der Waals surface area (Å²) < 4.78 is 5.71. The van der Waals surface area contributed by atoms with E-state index in [0.717, 1.165) is 37.4 Å². The van der Waals surface area contributed by atoms with Gasteiger partial charge in [0.05, 0.1) is 12.8 Å². The van der Waals surface area contributed by atoms with Gasteiger partial charge >= 0.3 is 0 Å². The number of rotatable bonds is 7. The first-order valence-electron chi connectivity index (χ1n) is 8.18. The molecule has 20 heavy (non-hydrogen) atoms. The molecular formula is C17H30N2O. The fraction of sp³-hybridized carbons (Fsp3) is 0.765. The van der Waals surface area contributed by atoms with E-state index in [-0.39, 0.29) is 0 Å². The zero-order valence-corrected chi connectivity index (χ0v) is 13.3. The second-order valence-electron chi connectivity index (χ2n) is 6.34. The first kappa shape index (κ1) is 15.6. The van der Waals surface area contributed by atoms with Crippen LogP contribution in [-0.4, -0.2) is 24.5 Å². The van der Waals surface area contributed by atoms with Crippen molar-refractivity contribution in [3.63, 3.8) is 0 Å². The molecule has 0 spiro atoms. The average Bonchev–Trinajstić information content (AvgIpc) is 2.87. The largest absolute Gasteiger partial charge is 0.468 e. The summed E-state index contributed by atoms with van der Waals surface area (Å²) in [5.41, 5.74) is 1.26. The van der Waals surface area contributed by atoms with Gasteiger partial charge in [0.25, 0.3) is 0 Å². The van der Waals surface area contributed by atoms with Crippen LogP contribution in [0.25, 0.3) is 0 Å². The maximum absolute atomic E-state index is 5.71. The molecule has 114 valence electrons. The molecule has 1 aromatic heterocycles. The minimum atomic E-state index is 0.718. The Hall–Kier alpha value is -0.800. The summed E-state index contributed by atoms with van der Waals surface area (Å²) in [4.78, 5) is 2.48. The van der Waals surface area contributed by atoms with Crippen LogP contribution in [0.4, 0.5) is 0 Å². The molecule has 1 aromatic rings. The summed E-state index contributed by atoms with van der Waals surface area (Å²) in [6.07, 6.45) is 8.56. The number of nitrogens with one attached hydrogen (secondary N) is 1. The normalized spacial score (nSPS) is 23.4. The summed E-state index contributed by atoms with van der Waals surface area (Å²) >= 11 is 0. The lowest BCUT2D eigenvalue weighted by molar-refractivity contribution is 0.125. The molecule has 2 rings (SSSR count). The van der Waals surface area contributed by atoms with Crippen molar-refractivity contribution in [1.29, 1.82) is 0 Å². The van der Waals surface area contributed by atoms with Gasteiger partial charge < -0.3 is 9.73 Å². The molecule has 0 saturated heterocycles. The Morgan fingerprint density at radius 1 is 1.35 bits per heavy atom. The molecule has 0 amide bonds. The maximum atomic E-state index is 5.71. The van der Waals surface area contributed by atoms with E-state index in [0.29, 0.717) is 0 Å². The highest BCUT2D eigenvalue weighted by molar-refractivity contribution is 5.12. The van der Waals surface area contributed by atoms with Gasteiger partial charge in [0.2, 0.25) is 0 Å². The van der Waals surface area contributed by atoms with Crippen molar-refractivity contribution in [3.05, 3.63) is 23.7 Å². The molecule has 2 unspecified atom stereocenters. The fourth-order valence-corrected chi connectivity index (χ4v) is 3.33. The third-order valence-corrected chi connectivity index (χ3v) is 4.50. The summed E-state index contributed by atoms with van der Waals surface area (Å²) in [7, 11) is 2.24. The Bertz CT molecular complexity index is 388. The molecule has 2 atom stereocenters. The predicted molar refractivity (Wildman–Crippen MR) is 83.6 cm³/mol. The van der Waals surface area contributed by atoms with Gasteiger partial charge in [-0.15, -0.1) is 0 Å². The quantitative estimate of drug-likeness (QED) is 0.769. The molecule has 3 heteroatoms. The Morgan fingerprint density at radius 2 is 2.15 bits per heavy atom. The van der Waals surface area contributed by atoms with Crippen LogP contribution < -0.4 is 5.32 Å². The smallest absolute Gasteiger partial charge is 0.118 e. The standard InChI is InChI=1S/C17H30N2O/c1-4-9-18-11-15-10-16(20-13-15)12-19(3)17-8-6-5-7-14(17)2/h10,13-14,17-18H,4-9,11-12H2,1-3H3. The van der Waals surface area contributed by atoms with Crippen LogP contribution in [0.5, 0.6) is 0 Å². The van der Waals surface area contributed by atoms with E-state index in [2.05, 4.69) is 37.2 Å². The van der Waals surface area contributed by atoms with E-state index in [4.69, 9.17) is 4.42 Å². The maximum Gasteiger partial charge on any atom is 0.118 e. The second kappa shape index (κ2) is 7.84. The van der Waals surface area contributed by atoms with Crippen molar-refractivity contribution in [3.8, 4) is 0 Å². The first-order valence-corrected chi connectivity index (χ1v) is 8.18. The monoisotopic (exact) mass is 278 g/mol. The van der Waals surface area contributed by atoms with Crippen molar-refractivity contribution in [2.75, 3.05) is 13.6 Å². The Morgan fingerprint density at radius 3 is 2.90 bits per heavy atom. The zero-order chi connectivity index (χ0) is 14.4. The van der Waals surface area contributed by atoms with Crippen molar-refractivity contribution in [1.82, 2.24) is 10.2 Å². The SMILES string of the molecule is CCCNCc1coc(CN(C)C2CCCCC2C)c1. The van der Waals surface area contributed by atoms with Crippen LogP contribution in [0.3, 0.4) is 0 Å². The Kier molecular flexibility index (Phi) is 6.11. The van der Waals surface area contributed by atoms with Crippen molar-refractivity contribution >= 4 is 0 Å². The van der Waals surface area contributed by atoms with E-state index in [1.54, 1.807) is 0 Å². The molecular weight excluding hydrogens is 248 g/mol. The van der Waals surface area contributed by atoms with E-state index in [9.17, 15) is 0 Å². The number of hydrogen-bond acceptors (Lipinski definition) is 3. The van der Waals surface area contributed by atoms with E-state index < -0.39 is 0 Å². The molecule has 3 nitrogen and oxygen atoms in total. The molecule has 0 radical (unpaired) electrons. The molecule has 1 saturated carbocycles. The van der Waals surface area contributed by atoms with Crippen molar-refractivity contribution in [2.24, 2.45) is 5.92 Å². The third-order valence-electron chi connectivity index (χ3n) is 4.50. The van der Waals surface area contributed by atoms with Gasteiger partial charge in [0.1, 0.15) is 5.76 Å². The molecule has 0 aromatic carbocycles. The summed E-state index contributed by atoms with van der Waals surface area (Å²) in [6, 6.07) is 2.92. The van der Waals surface area contributed by atoms with Gasteiger partial charge in [-0.2, -0.15) is 0 Å². The number of nitrogens with zero attached hydrogens (tertiary/aromatic N) is 1. The summed E-state index contributed by atoms with van der Waals surface area (Å²) in [5, 5.41) is 3.41. The highest BCUT2D eigenvalue weighted by atomic mass is 16.3. The number of furan rings is 1. The van der Waals surface area contributed by atoms with Crippen LogP contribution in [0, 0.1) is 5.92 Å². The highest BCUT2D eigenvalue weighted by Crippen LogP contribution is 2.28. The highest BCUT2D eigenvalue weighted by Gasteiger charge is 2.25. The van der Waals surface area contributed by atoms with E-state index >= 15 is 0 Å². The van der Waals surface area contributed by atoms with Gasteiger partial charge in [-0.05, 0) is 44.8 Å². The van der Waals surface area contributed by atoms with Gasteiger partial charge in [-0.25, -0.2) is 0 Å². The first-order chi connectivity index (χ1) is 9.70. The second-order valence-corrected chi connectivity index (χ2v) is 6.34. The topological polar surface area (TPSA) is 28.4 Å². The summed E-state index contributed by atoms with van der Waals surface area (Å²) in [5.74, 6) is 1.91. The molecule has 0 bridgehead atoms. The van der Waals surface area contributed by atoms with Gasteiger partial charge in [0, 0.05) is 18.2 Å². The molecule has 0 aliphatic heterocycles. The predicted octanol–water partition coefficient (Wildman–Crippen LogP) is 3.79. The van der Waals surface area contributed by atoms with Crippen LogP contribution in [0.2, 0.25) is 0 Å². The van der Waals surface area contributed by atoms with Gasteiger partial charge in [-0.3, -0.25) is 4.90 Å². The Labute approximate surface area is 123 Å². The summed E-state index contributed by atoms with van der Waals surface area (Å²) in [6.45, 7) is 7.50. The molecule has 1 aliphatic rings. The molecule has 1 fully saturated rings. The molecule has 1 heterocycles. The number of hydrogen-bond donors (Lipinski definition) is 1. The van der Waals surface area contributed by atoms with Crippen LogP contribution >= 0.6 is 0 Å².